The molecule has 0 aliphatic carbocycles. The van der Waals surface area contributed by atoms with Crippen molar-refractivity contribution in [2.75, 3.05) is 0 Å². The minimum absolute atomic E-state index is 0.0307. The summed E-state index contributed by atoms with van der Waals surface area (Å²) in [6.45, 7) is 1.58. The van der Waals surface area contributed by atoms with Gasteiger partial charge in [-0.05, 0) is 31.2 Å². The first-order valence-corrected chi connectivity index (χ1v) is 7.37. The van der Waals surface area contributed by atoms with E-state index in [9.17, 15) is 18.4 Å². The number of carbonyl (C=O) groups is 1. The molecule has 1 aromatic heterocycles. The van der Waals surface area contributed by atoms with E-state index in [0.29, 0.717) is 6.07 Å². The van der Waals surface area contributed by atoms with Crippen LogP contribution in [0.4, 0.5) is 8.78 Å². The highest BCUT2D eigenvalue weighted by molar-refractivity contribution is 6.05. The third-order valence-corrected chi connectivity index (χ3v) is 3.70. The second kappa shape index (κ2) is 6.06. The van der Waals surface area contributed by atoms with Gasteiger partial charge in [0.05, 0.1) is 28.2 Å². The van der Waals surface area contributed by atoms with Gasteiger partial charge in [-0.25, -0.2) is 13.8 Å². The van der Waals surface area contributed by atoms with Gasteiger partial charge in [0.2, 0.25) is 5.91 Å². The Morgan fingerprint density at radius 1 is 1.20 bits per heavy atom. The maximum absolute atomic E-state index is 13.6. The fourth-order valence-electron chi connectivity index (χ4n) is 2.68. The number of nitrogens with two attached hydrogens (primary N) is 2. The van der Waals surface area contributed by atoms with Gasteiger partial charge in [-0.3, -0.25) is 14.2 Å². The van der Waals surface area contributed by atoms with Crippen LogP contribution in [0, 0.1) is 11.6 Å². The van der Waals surface area contributed by atoms with Gasteiger partial charge >= 0.3 is 0 Å². The molecule has 4 N–H and O–H groups in total. The van der Waals surface area contributed by atoms with Crippen molar-refractivity contribution in [1.29, 1.82) is 0 Å². The summed E-state index contributed by atoms with van der Waals surface area (Å²) in [5, 5.41) is -0.0379. The molecule has 8 heteroatoms. The summed E-state index contributed by atoms with van der Waals surface area (Å²) in [6.07, 6.45) is 0. The topological polar surface area (TPSA) is 104 Å². The standard InChI is InChI=1S/C17H14F2N4O2/c1-8(20)16-22-13-4-2-3-12(15(21)24)14(13)17(25)23(16)11-6-9(18)5-10(19)7-11/h2-8H,20H2,1H3,(H2,21,24)/t8-/m0/s1. The molecule has 25 heavy (non-hydrogen) atoms. The highest BCUT2D eigenvalue weighted by atomic mass is 19.1. The van der Waals surface area contributed by atoms with Crippen LogP contribution in [-0.4, -0.2) is 15.5 Å². The minimum atomic E-state index is -0.860. The van der Waals surface area contributed by atoms with Gasteiger partial charge < -0.3 is 11.5 Å². The molecule has 3 rings (SSSR count). The predicted octanol–water partition coefficient (Wildman–Crippen LogP) is 1.78. The summed E-state index contributed by atoms with van der Waals surface area (Å²) in [6, 6.07) is 6.39. The highest BCUT2D eigenvalue weighted by Gasteiger charge is 2.20. The van der Waals surface area contributed by atoms with Crippen molar-refractivity contribution in [2.24, 2.45) is 11.5 Å². The first kappa shape index (κ1) is 16.7. The van der Waals surface area contributed by atoms with Crippen molar-refractivity contribution >= 4 is 16.8 Å². The van der Waals surface area contributed by atoms with E-state index in [2.05, 4.69) is 4.98 Å². The summed E-state index contributed by atoms with van der Waals surface area (Å²) < 4.78 is 28.2. The van der Waals surface area contributed by atoms with E-state index in [-0.39, 0.29) is 28.0 Å². The molecule has 0 spiro atoms. The summed E-state index contributed by atoms with van der Waals surface area (Å²) in [5.41, 5.74) is 10.6. The first-order valence-electron chi connectivity index (χ1n) is 7.37. The van der Waals surface area contributed by atoms with Gasteiger partial charge in [-0.15, -0.1) is 0 Å². The molecule has 0 radical (unpaired) electrons. The number of rotatable bonds is 3. The van der Waals surface area contributed by atoms with E-state index in [1.54, 1.807) is 6.92 Å². The van der Waals surface area contributed by atoms with Gasteiger partial charge in [0.1, 0.15) is 17.5 Å². The number of nitrogens with zero attached hydrogens (tertiary/aromatic N) is 2. The van der Waals surface area contributed by atoms with E-state index < -0.39 is 29.1 Å². The number of amides is 1. The molecular formula is C17H14F2N4O2. The van der Waals surface area contributed by atoms with Crippen molar-refractivity contribution in [3.8, 4) is 5.69 Å². The molecule has 3 aromatic rings. The Bertz CT molecular complexity index is 1040. The van der Waals surface area contributed by atoms with Crippen molar-refractivity contribution in [1.82, 2.24) is 9.55 Å². The zero-order valence-corrected chi connectivity index (χ0v) is 13.2. The average Bonchev–Trinajstić information content (AvgIpc) is 2.52. The number of benzene rings is 2. The second-order valence-corrected chi connectivity index (χ2v) is 5.59. The Hall–Kier alpha value is -3.13. The van der Waals surface area contributed by atoms with Crippen LogP contribution in [0.15, 0.2) is 41.2 Å². The van der Waals surface area contributed by atoms with Crippen molar-refractivity contribution in [3.63, 3.8) is 0 Å². The SMILES string of the molecule is C[C@H](N)c1nc2cccc(C(N)=O)c2c(=O)n1-c1cc(F)cc(F)c1. The second-order valence-electron chi connectivity index (χ2n) is 5.59. The molecule has 128 valence electrons. The average molecular weight is 344 g/mol. The van der Waals surface area contributed by atoms with E-state index in [1.165, 1.54) is 18.2 Å². The molecule has 0 bridgehead atoms. The normalized spacial score (nSPS) is 12.3. The van der Waals surface area contributed by atoms with Gasteiger partial charge in [-0.1, -0.05) is 6.07 Å². The summed E-state index contributed by atoms with van der Waals surface area (Å²) in [7, 11) is 0. The van der Waals surface area contributed by atoms with E-state index in [4.69, 9.17) is 11.5 Å². The fourth-order valence-corrected chi connectivity index (χ4v) is 2.68. The Labute approximate surface area is 140 Å². The maximum Gasteiger partial charge on any atom is 0.266 e. The molecule has 2 aromatic carbocycles. The lowest BCUT2D eigenvalue weighted by Crippen LogP contribution is -2.29. The van der Waals surface area contributed by atoms with Crippen molar-refractivity contribution < 1.29 is 13.6 Å². The molecule has 6 nitrogen and oxygen atoms in total. The Kier molecular flexibility index (Phi) is 4.05. The summed E-state index contributed by atoms with van der Waals surface area (Å²) >= 11 is 0. The number of hydrogen-bond acceptors (Lipinski definition) is 4. The molecule has 0 unspecified atom stereocenters. The number of aromatic nitrogens is 2. The molecule has 1 heterocycles. The van der Waals surface area contributed by atoms with Crippen LogP contribution in [0.3, 0.4) is 0 Å². The number of carbonyl (C=O) groups excluding carboxylic acids is 1. The van der Waals surface area contributed by atoms with Gasteiger partial charge in [0.25, 0.3) is 5.56 Å². The van der Waals surface area contributed by atoms with Crippen LogP contribution in [0.25, 0.3) is 16.6 Å². The van der Waals surface area contributed by atoms with Crippen molar-refractivity contribution in [2.45, 2.75) is 13.0 Å². The number of primary amides is 1. The highest BCUT2D eigenvalue weighted by Crippen LogP contribution is 2.20. The third-order valence-electron chi connectivity index (χ3n) is 3.70. The van der Waals surface area contributed by atoms with Gasteiger partial charge in [-0.2, -0.15) is 0 Å². The number of fused-ring (bicyclic) bond motifs is 1. The largest absolute Gasteiger partial charge is 0.366 e. The Balaban J connectivity index is 2.50. The third kappa shape index (κ3) is 2.87. The van der Waals surface area contributed by atoms with Crippen LogP contribution >= 0.6 is 0 Å². The zero-order chi connectivity index (χ0) is 18.3. The minimum Gasteiger partial charge on any atom is -0.366 e. The summed E-state index contributed by atoms with van der Waals surface area (Å²) in [5.74, 6) is -2.43. The predicted molar refractivity (Wildman–Crippen MR) is 88.4 cm³/mol. The van der Waals surface area contributed by atoms with Crippen LogP contribution in [0.5, 0.6) is 0 Å². The molecule has 1 atom stereocenters. The zero-order valence-electron chi connectivity index (χ0n) is 13.2. The number of hydrogen-bond donors (Lipinski definition) is 2. The Morgan fingerprint density at radius 3 is 2.40 bits per heavy atom. The van der Waals surface area contributed by atoms with E-state index in [1.807, 2.05) is 0 Å². The monoisotopic (exact) mass is 344 g/mol. The molecule has 0 saturated carbocycles. The maximum atomic E-state index is 13.6. The molecule has 0 aliphatic rings. The van der Waals surface area contributed by atoms with Crippen molar-refractivity contribution in [3.05, 3.63) is 69.8 Å². The van der Waals surface area contributed by atoms with Crippen LogP contribution in [0.2, 0.25) is 0 Å². The van der Waals surface area contributed by atoms with Gasteiger partial charge in [0.15, 0.2) is 0 Å². The lowest BCUT2D eigenvalue weighted by Gasteiger charge is -2.17. The number of halogens is 2. The lowest BCUT2D eigenvalue weighted by molar-refractivity contribution is 0.100. The first-order chi connectivity index (χ1) is 11.8. The fraction of sp³-hybridized carbons (Fsp3) is 0.118. The molecular weight excluding hydrogens is 330 g/mol. The van der Waals surface area contributed by atoms with Crippen LogP contribution in [0.1, 0.15) is 29.1 Å². The van der Waals surface area contributed by atoms with E-state index in [0.717, 1.165) is 16.7 Å². The summed E-state index contributed by atoms with van der Waals surface area (Å²) in [4.78, 5) is 29.0. The van der Waals surface area contributed by atoms with Gasteiger partial charge in [0, 0.05) is 6.07 Å². The molecule has 0 fully saturated rings. The van der Waals surface area contributed by atoms with E-state index >= 15 is 0 Å². The Morgan fingerprint density at radius 2 is 1.84 bits per heavy atom. The lowest BCUT2D eigenvalue weighted by atomic mass is 10.1. The molecule has 0 aliphatic heterocycles. The van der Waals surface area contributed by atoms with Crippen LogP contribution < -0.4 is 17.0 Å². The molecule has 0 saturated heterocycles. The van der Waals surface area contributed by atoms with Crippen LogP contribution in [-0.2, 0) is 0 Å². The quantitative estimate of drug-likeness (QED) is 0.756. The molecule has 1 amide bonds. The smallest absolute Gasteiger partial charge is 0.266 e.